The van der Waals surface area contributed by atoms with E-state index in [1.165, 1.54) is 24.1 Å². The quantitative estimate of drug-likeness (QED) is 0.605. The predicted molar refractivity (Wildman–Crippen MR) is 127 cm³/mol. The summed E-state index contributed by atoms with van der Waals surface area (Å²) in [5, 5.41) is 16.7. The average Bonchev–Trinajstić information content (AvgIpc) is 2.84. The zero-order valence-corrected chi connectivity index (χ0v) is 19.9. The first-order chi connectivity index (χ1) is 16.2. The van der Waals surface area contributed by atoms with Crippen LogP contribution in [0.3, 0.4) is 0 Å². The Morgan fingerprint density at radius 1 is 1.09 bits per heavy atom. The van der Waals surface area contributed by atoms with Gasteiger partial charge in [0.15, 0.2) is 0 Å². The molecule has 3 rings (SSSR count). The summed E-state index contributed by atoms with van der Waals surface area (Å²) in [6.45, 7) is 5.38. The Morgan fingerprint density at radius 2 is 1.65 bits per heavy atom. The van der Waals surface area contributed by atoms with Crippen molar-refractivity contribution in [2.75, 3.05) is 20.1 Å². The fraction of sp³-hybridized carbons (Fsp3) is 0.385. The Kier molecular flexibility index (Phi) is 7.36. The molecule has 2 aromatic carbocycles. The second kappa shape index (κ2) is 9.89. The van der Waals surface area contributed by atoms with Crippen LogP contribution in [0.2, 0.25) is 0 Å². The summed E-state index contributed by atoms with van der Waals surface area (Å²) in [5.74, 6) is 0.0964. The lowest BCUT2D eigenvalue weighted by atomic mass is 9.66. The topological polar surface area (TPSA) is 90.0 Å². The Bertz CT molecular complexity index is 1110. The van der Waals surface area contributed by atoms with Crippen molar-refractivity contribution in [2.45, 2.75) is 39.3 Å². The molecule has 2 N–H and O–H groups in total. The molecule has 1 amide bonds. The van der Waals surface area contributed by atoms with Crippen molar-refractivity contribution >= 4 is 17.8 Å². The number of carboxylic acid groups (broad SMARTS) is 1. The molecule has 2 aromatic rings. The van der Waals surface area contributed by atoms with E-state index in [0.29, 0.717) is 18.5 Å². The third kappa shape index (κ3) is 3.84. The van der Waals surface area contributed by atoms with E-state index in [2.05, 4.69) is 5.32 Å². The van der Waals surface area contributed by atoms with E-state index >= 15 is 0 Å². The SMILES string of the molecule is CCCC(=O)N1CC(=C=O)[C@](C)(C(=O)O)[C@](NC)(c2ccc(-c3ccc(F)cc3)cc2)N1CC. The van der Waals surface area contributed by atoms with Crippen molar-refractivity contribution in [3.63, 3.8) is 0 Å². The van der Waals surface area contributed by atoms with E-state index in [9.17, 15) is 23.9 Å². The third-order valence-electron chi connectivity index (χ3n) is 6.76. The molecule has 0 bridgehead atoms. The number of nitrogens with zero attached hydrogens (tertiary/aromatic N) is 2. The van der Waals surface area contributed by atoms with E-state index in [1.807, 2.05) is 31.9 Å². The molecular formula is C26H30FN3O4. The van der Waals surface area contributed by atoms with Crippen molar-refractivity contribution in [2.24, 2.45) is 5.41 Å². The van der Waals surface area contributed by atoms with Gasteiger partial charge in [0.1, 0.15) is 22.8 Å². The van der Waals surface area contributed by atoms with Crippen LogP contribution in [0.15, 0.2) is 54.1 Å². The van der Waals surface area contributed by atoms with Gasteiger partial charge in [-0.2, -0.15) is 5.01 Å². The van der Waals surface area contributed by atoms with Crippen molar-refractivity contribution in [1.82, 2.24) is 15.3 Å². The summed E-state index contributed by atoms with van der Waals surface area (Å²) in [4.78, 5) is 37.9. The van der Waals surface area contributed by atoms with Crippen LogP contribution in [0.4, 0.5) is 4.39 Å². The van der Waals surface area contributed by atoms with Gasteiger partial charge in [0.2, 0.25) is 5.91 Å². The van der Waals surface area contributed by atoms with Gasteiger partial charge >= 0.3 is 5.97 Å². The minimum absolute atomic E-state index is 0.0221. The summed E-state index contributed by atoms with van der Waals surface area (Å²) < 4.78 is 13.3. The zero-order valence-electron chi connectivity index (χ0n) is 19.9. The third-order valence-corrected chi connectivity index (χ3v) is 6.76. The van der Waals surface area contributed by atoms with Crippen LogP contribution in [0.5, 0.6) is 0 Å². The van der Waals surface area contributed by atoms with E-state index < -0.39 is 17.0 Å². The number of aliphatic carboxylic acids is 1. The summed E-state index contributed by atoms with van der Waals surface area (Å²) in [6, 6.07) is 13.2. The number of amides is 1. The summed E-state index contributed by atoms with van der Waals surface area (Å²) >= 11 is 0. The number of nitrogens with one attached hydrogen (secondary N) is 1. The fourth-order valence-electron chi connectivity index (χ4n) is 4.95. The highest BCUT2D eigenvalue weighted by molar-refractivity contribution is 5.86. The maximum absolute atomic E-state index is 13.3. The molecule has 0 spiro atoms. The summed E-state index contributed by atoms with van der Waals surface area (Å²) in [6.07, 6.45) is 0.873. The maximum Gasteiger partial charge on any atom is 0.318 e. The van der Waals surface area contributed by atoms with E-state index in [4.69, 9.17) is 0 Å². The lowest BCUT2D eigenvalue weighted by Gasteiger charge is -2.59. The second-order valence-electron chi connectivity index (χ2n) is 8.47. The minimum Gasteiger partial charge on any atom is -0.480 e. The summed E-state index contributed by atoms with van der Waals surface area (Å²) in [5.41, 5.74) is -1.02. The van der Waals surface area contributed by atoms with Crippen molar-refractivity contribution < 1.29 is 23.9 Å². The molecule has 180 valence electrons. The molecule has 0 radical (unpaired) electrons. The number of rotatable bonds is 7. The molecule has 0 saturated carbocycles. The molecular weight excluding hydrogens is 437 g/mol. The van der Waals surface area contributed by atoms with E-state index in [1.54, 1.807) is 36.3 Å². The molecule has 7 nitrogen and oxygen atoms in total. The van der Waals surface area contributed by atoms with Crippen molar-refractivity contribution in [3.8, 4) is 11.1 Å². The van der Waals surface area contributed by atoms with Gasteiger partial charge in [0, 0.05) is 13.0 Å². The molecule has 1 aliphatic heterocycles. The standard InChI is InChI=1S/C26H30FN3O4/c1-5-7-23(32)29-16-21(17-31)25(3,24(33)34)26(28-4,30(29)6-2)20-12-8-18(9-13-20)19-10-14-22(27)15-11-19/h8-15,28H,5-7,16H2,1-4H3,(H,33,34)/t25-,26+/m1/s1. The van der Waals surface area contributed by atoms with Crippen LogP contribution in [0.25, 0.3) is 11.1 Å². The van der Waals surface area contributed by atoms with Gasteiger partial charge < -0.3 is 5.11 Å². The normalized spacial score (nSPS) is 23.0. The first kappa shape index (κ1) is 25.3. The van der Waals surface area contributed by atoms with Gasteiger partial charge in [-0.25, -0.2) is 9.18 Å². The maximum atomic E-state index is 13.3. The van der Waals surface area contributed by atoms with Crippen LogP contribution in [-0.4, -0.2) is 53.1 Å². The van der Waals surface area contributed by atoms with E-state index in [0.717, 1.165) is 11.1 Å². The first-order valence-electron chi connectivity index (χ1n) is 11.3. The van der Waals surface area contributed by atoms with Crippen molar-refractivity contribution in [3.05, 3.63) is 65.5 Å². The van der Waals surface area contributed by atoms with Crippen LogP contribution in [0, 0.1) is 11.2 Å². The highest BCUT2D eigenvalue weighted by atomic mass is 19.1. The largest absolute Gasteiger partial charge is 0.480 e. The summed E-state index contributed by atoms with van der Waals surface area (Å²) in [7, 11) is 1.62. The Morgan fingerprint density at radius 3 is 2.09 bits per heavy atom. The molecule has 8 heteroatoms. The van der Waals surface area contributed by atoms with Crippen LogP contribution in [-0.2, 0) is 20.0 Å². The highest BCUT2D eigenvalue weighted by Crippen LogP contribution is 2.51. The first-order valence-corrected chi connectivity index (χ1v) is 11.3. The number of benzene rings is 2. The molecule has 0 aliphatic carbocycles. The molecule has 0 unspecified atom stereocenters. The number of halogens is 1. The molecule has 0 aromatic heterocycles. The Balaban J connectivity index is 2.25. The van der Waals surface area contributed by atoms with Gasteiger partial charge in [-0.1, -0.05) is 50.2 Å². The number of hydrazine groups is 1. The molecule has 1 saturated heterocycles. The number of hydrogen-bond acceptors (Lipinski definition) is 5. The van der Waals surface area contributed by atoms with Crippen molar-refractivity contribution in [1.29, 1.82) is 0 Å². The van der Waals surface area contributed by atoms with Gasteiger partial charge in [-0.15, -0.1) is 0 Å². The minimum atomic E-state index is -1.72. The number of carbonyl (C=O) groups excluding carboxylic acids is 2. The number of hydrogen-bond donors (Lipinski definition) is 2. The lowest BCUT2D eigenvalue weighted by Crippen LogP contribution is -2.75. The number of carboxylic acids is 1. The van der Waals surface area contributed by atoms with E-state index in [-0.39, 0.29) is 30.3 Å². The number of carbonyl (C=O) groups is 2. The fourth-order valence-corrected chi connectivity index (χ4v) is 4.95. The lowest BCUT2D eigenvalue weighted by molar-refractivity contribution is -0.209. The monoisotopic (exact) mass is 467 g/mol. The van der Waals surface area contributed by atoms with Gasteiger partial charge in [0.05, 0.1) is 12.1 Å². The highest BCUT2D eigenvalue weighted by Gasteiger charge is 2.64. The van der Waals surface area contributed by atoms with Crippen LogP contribution in [0.1, 0.15) is 39.2 Å². The molecule has 1 fully saturated rings. The van der Waals surface area contributed by atoms with Gasteiger partial charge in [-0.05, 0) is 49.2 Å². The van der Waals surface area contributed by atoms with Crippen LogP contribution >= 0.6 is 0 Å². The molecule has 34 heavy (non-hydrogen) atoms. The average molecular weight is 468 g/mol. The molecule has 2 atom stereocenters. The van der Waals surface area contributed by atoms with Gasteiger partial charge in [-0.3, -0.25) is 19.9 Å². The second-order valence-corrected chi connectivity index (χ2v) is 8.47. The smallest absolute Gasteiger partial charge is 0.318 e. The Hall–Kier alpha value is -3.32. The predicted octanol–water partition coefficient (Wildman–Crippen LogP) is 3.59. The Labute approximate surface area is 198 Å². The zero-order chi connectivity index (χ0) is 25.1. The van der Waals surface area contributed by atoms with Gasteiger partial charge in [0.25, 0.3) is 0 Å². The van der Waals surface area contributed by atoms with Crippen LogP contribution < -0.4 is 5.32 Å². The molecule has 1 aliphatic rings. The molecule has 1 heterocycles.